The standard InChI is InChI=1S/C14H27NO/c1-5-16-10-12-9-15(13(2,3)4)11-14(12)7-6-8-14/h12H,5-11H2,1-4H3. The predicted octanol–water partition coefficient (Wildman–Crippen LogP) is 2.92. The van der Waals surface area contributed by atoms with Gasteiger partial charge in [-0.2, -0.15) is 0 Å². The summed E-state index contributed by atoms with van der Waals surface area (Å²) in [6, 6.07) is 0. The van der Waals surface area contributed by atoms with E-state index in [1.807, 2.05) is 0 Å². The smallest absolute Gasteiger partial charge is 0.0512 e. The molecule has 1 atom stereocenters. The van der Waals surface area contributed by atoms with Crippen molar-refractivity contribution in [3.05, 3.63) is 0 Å². The molecule has 0 aromatic heterocycles. The van der Waals surface area contributed by atoms with E-state index in [1.54, 1.807) is 0 Å². The van der Waals surface area contributed by atoms with Crippen molar-refractivity contribution in [2.24, 2.45) is 11.3 Å². The Labute approximate surface area is 100 Å². The van der Waals surface area contributed by atoms with Crippen LogP contribution in [0.25, 0.3) is 0 Å². The highest BCUT2D eigenvalue weighted by molar-refractivity contribution is 5.03. The van der Waals surface area contributed by atoms with Gasteiger partial charge >= 0.3 is 0 Å². The molecule has 1 saturated heterocycles. The Morgan fingerprint density at radius 2 is 2.00 bits per heavy atom. The number of nitrogens with zero attached hydrogens (tertiary/aromatic N) is 1. The summed E-state index contributed by atoms with van der Waals surface area (Å²) in [6.45, 7) is 13.5. The Balaban J connectivity index is 2.01. The molecule has 2 nitrogen and oxygen atoms in total. The molecule has 1 aliphatic carbocycles. The first-order valence-electron chi connectivity index (χ1n) is 6.81. The highest BCUT2D eigenvalue weighted by Crippen LogP contribution is 2.52. The van der Waals surface area contributed by atoms with Crippen LogP contribution >= 0.6 is 0 Å². The zero-order valence-corrected chi connectivity index (χ0v) is 11.4. The lowest BCUT2D eigenvalue weighted by Gasteiger charge is -2.43. The minimum absolute atomic E-state index is 0.323. The maximum Gasteiger partial charge on any atom is 0.0512 e. The number of ether oxygens (including phenoxy) is 1. The second-order valence-electron chi connectivity index (χ2n) is 6.62. The van der Waals surface area contributed by atoms with Gasteiger partial charge in [0, 0.05) is 31.2 Å². The molecular formula is C14H27NO. The fourth-order valence-electron chi connectivity index (χ4n) is 3.23. The van der Waals surface area contributed by atoms with Crippen LogP contribution < -0.4 is 0 Å². The van der Waals surface area contributed by atoms with Crippen molar-refractivity contribution in [1.82, 2.24) is 4.90 Å². The zero-order chi connectivity index (χ0) is 11.8. The second kappa shape index (κ2) is 4.30. The van der Waals surface area contributed by atoms with E-state index in [-0.39, 0.29) is 0 Å². The number of hydrogen-bond donors (Lipinski definition) is 0. The first-order chi connectivity index (χ1) is 7.48. The largest absolute Gasteiger partial charge is 0.381 e. The third-order valence-electron chi connectivity index (χ3n) is 4.63. The van der Waals surface area contributed by atoms with Crippen molar-refractivity contribution in [2.75, 3.05) is 26.3 Å². The van der Waals surface area contributed by atoms with E-state index in [9.17, 15) is 0 Å². The lowest BCUT2D eigenvalue weighted by atomic mass is 9.63. The molecule has 1 heterocycles. The highest BCUT2D eigenvalue weighted by Gasteiger charge is 2.51. The van der Waals surface area contributed by atoms with Crippen molar-refractivity contribution in [1.29, 1.82) is 0 Å². The fourth-order valence-corrected chi connectivity index (χ4v) is 3.23. The van der Waals surface area contributed by atoms with Crippen LogP contribution in [0.2, 0.25) is 0 Å². The SMILES string of the molecule is CCOCC1CN(C(C)(C)C)CC12CCC2. The van der Waals surface area contributed by atoms with Crippen LogP contribution in [0.15, 0.2) is 0 Å². The lowest BCUT2D eigenvalue weighted by Crippen LogP contribution is -2.43. The lowest BCUT2D eigenvalue weighted by molar-refractivity contribution is 0.0214. The summed E-state index contributed by atoms with van der Waals surface area (Å²) < 4.78 is 5.68. The summed E-state index contributed by atoms with van der Waals surface area (Å²) >= 11 is 0. The van der Waals surface area contributed by atoms with Crippen molar-refractivity contribution < 1.29 is 4.74 Å². The van der Waals surface area contributed by atoms with Crippen LogP contribution in [-0.4, -0.2) is 36.7 Å². The summed E-state index contributed by atoms with van der Waals surface area (Å²) in [6.07, 6.45) is 4.29. The molecule has 1 saturated carbocycles. The summed E-state index contributed by atoms with van der Waals surface area (Å²) in [7, 11) is 0. The van der Waals surface area contributed by atoms with E-state index in [4.69, 9.17) is 4.74 Å². The molecule has 2 heteroatoms. The summed E-state index contributed by atoms with van der Waals surface area (Å²) in [5.41, 5.74) is 0.937. The Morgan fingerprint density at radius 3 is 2.44 bits per heavy atom. The van der Waals surface area contributed by atoms with Gasteiger partial charge in [-0.25, -0.2) is 0 Å². The third-order valence-corrected chi connectivity index (χ3v) is 4.63. The molecule has 0 aromatic rings. The van der Waals surface area contributed by atoms with Crippen LogP contribution in [-0.2, 0) is 4.74 Å². The van der Waals surface area contributed by atoms with Crippen LogP contribution in [0.3, 0.4) is 0 Å². The monoisotopic (exact) mass is 225 g/mol. The molecule has 2 fully saturated rings. The minimum Gasteiger partial charge on any atom is -0.381 e. The maximum absolute atomic E-state index is 5.68. The van der Waals surface area contributed by atoms with E-state index in [1.165, 1.54) is 32.4 Å². The average molecular weight is 225 g/mol. The Bertz CT molecular complexity index is 240. The number of rotatable bonds is 3. The van der Waals surface area contributed by atoms with Gasteiger partial charge in [-0.05, 0) is 46.0 Å². The van der Waals surface area contributed by atoms with E-state index < -0.39 is 0 Å². The van der Waals surface area contributed by atoms with Gasteiger partial charge in [-0.3, -0.25) is 4.90 Å². The van der Waals surface area contributed by atoms with E-state index >= 15 is 0 Å². The van der Waals surface area contributed by atoms with Crippen LogP contribution in [0.1, 0.15) is 47.0 Å². The van der Waals surface area contributed by atoms with Gasteiger partial charge in [0.2, 0.25) is 0 Å². The van der Waals surface area contributed by atoms with Gasteiger partial charge in [0.15, 0.2) is 0 Å². The topological polar surface area (TPSA) is 12.5 Å². The first kappa shape index (κ1) is 12.4. The third kappa shape index (κ3) is 2.14. The van der Waals surface area contributed by atoms with Crippen LogP contribution in [0.5, 0.6) is 0 Å². The van der Waals surface area contributed by atoms with Crippen molar-refractivity contribution >= 4 is 0 Å². The molecule has 16 heavy (non-hydrogen) atoms. The Morgan fingerprint density at radius 1 is 1.31 bits per heavy atom. The average Bonchev–Trinajstić information content (AvgIpc) is 2.52. The first-order valence-corrected chi connectivity index (χ1v) is 6.81. The minimum atomic E-state index is 0.323. The van der Waals surface area contributed by atoms with Crippen molar-refractivity contribution in [2.45, 2.75) is 52.5 Å². The molecule has 2 rings (SSSR count). The van der Waals surface area contributed by atoms with E-state index in [0.717, 1.165) is 19.1 Å². The quantitative estimate of drug-likeness (QED) is 0.732. The molecule has 1 unspecified atom stereocenters. The fraction of sp³-hybridized carbons (Fsp3) is 1.00. The van der Waals surface area contributed by atoms with Gasteiger partial charge in [0.05, 0.1) is 6.61 Å². The molecule has 2 aliphatic rings. The summed E-state index contributed by atoms with van der Waals surface area (Å²) in [5.74, 6) is 0.778. The zero-order valence-electron chi connectivity index (χ0n) is 11.4. The van der Waals surface area contributed by atoms with Gasteiger partial charge in [0.1, 0.15) is 0 Å². The van der Waals surface area contributed by atoms with E-state index in [2.05, 4.69) is 32.6 Å². The van der Waals surface area contributed by atoms with Crippen LogP contribution in [0.4, 0.5) is 0 Å². The second-order valence-corrected chi connectivity index (χ2v) is 6.62. The molecular weight excluding hydrogens is 198 g/mol. The molecule has 0 aromatic carbocycles. The molecule has 0 N–H and O–H groups in total. The maximum atomic E-state index is 5.68. The van der Waals surface area contributed by atoms with Gasteiger partial charge in [0.25, 0.3) is 0 Å². The normalized spacial score (nSPS) is 29.6. The predicted molar refractivity (Wildman–Crippen MR) is 67.6 cm³/mol. The summed E-state index contributed by atoms with van der Waals surface area (Å²) in [4.78, 5) is 2.66. The Kier molecular flexibility index (Phi) is 3.33. The van der Waals surface area contributed by atoms with Crippen LogP contribution in [0, 0.1) is 11.3 Å². The molecule has 1 aliphatic heterocycles. The van der Waals surface area contributed by atoms with Gasteiger partial charge in [-0.15, -0.1) is 0 Å². The van der Waals surface area contributed by atoms with Gasteiger partial charge < -0.3 is 4.74 Å². The van der Waals surface area contributed by atoms with Crippen molar-refractivity contribution in [3.63, 3.8) is 0 Å². The molecule has 0 amide bonds. The van der Waals surface area contributed by atoms with Crippen molar-refractivity contribution in [3.8, 4) is 0 Å². The molecule has 0 bridgehead atoms. The summed E-state index contributed by atoms with van der Waals surface area (Å²) in [5, 5.41) is 0. The molecule has 0 radical (unpaired) electrons. The molecule has 94 valence electrons. The number of hydrogen-bond acceptors (Lipinski definition) is 2. The van der Waals surface area contributed by atoms with E-state index in [0.29, 0.717) is 11.0 Å². The Hall–Kier alpha value is -0.0800. The highest BCUT2D eigenvalue weighted by atomic mass is 16.5. The van der Waals surface area contributed by atoms with Gasteiger partial charge in [-0.1, -0.05) is 6.42 Å². The number of likely N-dealkylation sites (tertiary alicyclic amines) is 1. The molecule has 1 spiro atoms.